The molecule has 5 nitrogen and oxygen atoms in total. The zero-order valence-corrected chi connectivity index (χ0v) is 16.3. The Morgan fingerprint density at radius 2 is 1.93 bits per heavy atom. The standard InChI is InChI=1S/C21H20N2O3S/c1-4-25-17-7-5-6-14-12-16-20(26-18(14)17)22-19(23-21(16)27-3)13-8-10-15(24-2)11-9-13/h5-11H,4,12H2,1-3H3. The van der Waals surface area contributed by atoms with Crippen molar-refractivity contribution in [3.63, 3.8) is 0 Å². The second kappa shape index (κ2) is 7.48. The summed E-state index contributed by atoms with van der Waals surface area (Å²) in [6.07, 6.45) is 2.75. The average Bonchev–Trinajstić information content (AvgIpc) is 2.72. The van der Waals surface area contributed by atoms with Crippen molar-refractivity contribution in [1.29, 1.82) is 0 Å². The zero-order valence-electron chi connectivity index (χ0n) is 15.5. The van der Waals surface area contributed by atoms with Gasteiger partial charge in [-0.3, -0.25) is 0 Å². The fraction of sp³-hybridized carbons (Fsp3) is 0.238. The van der Waals surface area contributed by atoms with Crippen molar-refractivity contribution in [3.8, 4) is 34.5 Å². The fourth-order valence-corrected chi connectivity index (χ4v) is 3.67. The molecule has 0 radical (unpaired) electrons. The van der Waals surface area contributed by atoms with Gasteiger partial charge in [0, 0.05) is 17.5 Å². The highest BCUT2D eigenvalue weighted by Gasteiger charge is 2.26. The Kier molecular flexibility index (Phi) is 4.90. The number of hydrogen-bond donors (Lipinski definition) is 0. The van der Waals surface area contributed by atoms with Crippen molar-refractivity contribution in [2.24, 2.45) is 0 Å². The van der Waals surface area contributed by atoms with Gasteiger partial charge in [-0.05, 0) is 43.5 Å². The average molecular weight is 380 g/mol. The Labute approximate surface area is 162 Å². The summed E-state index contributed by atoms with van der Waals surface area (Å²) in [7, 11) is 1.65. The third kappa shape index (κ3) is 3.32. The predicted octanol–water partition coefficient (Wildman–Crippen LogP) is 4.97. The molecular weight excluding hydrogens is 360 g/mol. The van der Waals surface area contributed by atoms with Crippen LogP contribution in [0.5, 0.6) is 23.1 Å². The van der Waals surface area contributed by atoms with Gasteiger partial charge < -0.3 is 14.2 Å². The lowest BCUT2D eigenvalue weighted by Crippen LogP contribution is -2.10. The first kappa shape index (κ1) is 17.7. The van der Waals surface area contributed by atoms with Crippen LogP contribution in [0.15, 0.2) is 47.5 Å². The molecule has 0 amide bonds. The van der Waals surface area contributed by atoms with E-state index in [1.165, 1.54) is 0 Å². The molecule has 1 aliphatic heterocycles. The van der Waals surface area contributed by atoms with E-state index in [0.717, 1.165) is 45.4 Å². The first-order valence-corrected chi connectivity index (χ1v) is 9.97. The Balaban J connectivity index is 1.78. The normalized spacial score (nSPS) is 12.0. The van der Waals surface area contributed by atoms with E-state index < -0.39 is 0 Å². The molecule has 0 fully saturated rings. The number of para-hydroxylation sites is 1. The van der Waals surface area contributed by atoms with Crippen molar-refractivity contribution >= 4 is 11.8 Å². The third-order valence-electron chi connectivity index (χ3n) is 4.40. The van der Waals surface area contributed by atoms with Gasteiger partial charge in [-0.15, -0.1) is 11.8 Å². The number of aromatic nitrogens is 2. The van der Waals surface area contributed by atoms with E-state index in [1.807, 2.05) is 49.6 Å². The number of thioether (sulfide) groups is 1. The zero-order chi connectivity index (χ0) is 18.8. The van der Waals surface area contributed by atoms with Gasteiger partial charge in [0.25, 0.3) is 0 Å². The van der Waals surface area contributed by atoms with Crippen LogP contribution in [0.2, 0.25) is 0 Å². The molecular formula is C21H20N2O3S. The van der Waals surface area contributed by atoms with Crippen LogP contribution in [0, 0.1) is 0 Å². The van der Waals surface area contributed by atoms with Crippen LogP contribution in [0.4, 0.5) is 0 Å². The van der Waals surface area contributed by atoms with Crippen LogP contribution in [0.3, 0.4) is 0 Å². The molecule has 1 aromatic heterocycles. The van der Waals surface area contributed by atoms with Gasteiger partial charge in [-0.25, -0.2) is 4.98 Å². The van der Waals surface area contributed by atoms with Crippen molar-refractivity contribution in [1.82, 2.24) is 9.97 Å². The van der Waals surface area contributed by atoms with E-state index in [1.54, 1.807) is 18.9 Å². The van der Waals surface area contributed by atoms with E-state index in [4.69, 9.17) is 24.2 Å². The molecule has 3 aromatic rings. The van der Waals surface area contributed by atoms with E-state index >= 15 is 0 Å². The van der Waals surface area contributed by atoms with Crippen LogP contribution >= 0.6 is 11.8 Å². The highest BCUT2D eigenvalue weighted by Crippen LogP contribution is 2.44. The SMILES string of the molecule is CCOc1cccc2c1Oc1nc(-c3ccc(OC)cc3)nc(SC)c1C2. The Morgan fingerprint density at radius 1 is 1.11 bits per heavy atom. The van der Waals surface area contributed by atoms with Gasteiger partial charge in [-0.2, -0.15) is 4.98 Å². The number of methoxy groups -OCH3 is 1. The van der Waals surface area contributed by atoms with Crippen molar-refractivity contribution in [3.05, 3.63) is 53.6 Å². The minimum atomic E-state index is 0.587. The van der Waals surface area contributed by atoms with Gasteiger partial charge in [-0.1, -0.05) is 12.1 Å². The van der Waals surface area contributed by atoms with Crippen LogP contribution in [0.1, 0.15) is 18.1 Å². The summed E-state index contributed by atoms with van der Waals surface area (Å²) in [5, 5.41) is 0.929. The molecule has 0 bridgehead atoms. The molecule has 27 heavy (non-hydrogen) atoms. The second-order valence-electron chi connectivity index (χ2n) is 6.02. The lowest BCUT2D eigenvalue weighted by molar-refractivity contribution is 0.315. The minimum absolute atomic E-state index is 0.587. The number of nitrogens with zero attached hydrogens (tertiary/aromatic N) is 2. The molecule has 0 aliphatic carbocycles. The van der Waals surface area contributed by atoms with Gasteiger partial charge in [0.1, 0.15) is 10.8 Å². The maximum absolute atomic E-state index is 6.20. The summed E-state index contributed by atoms with van der Waals surface area (Å²) in [5.74, 6) is 3.53. The summed E-state index contributed by atoms with van der Waals surface area (Å²) in [4.78, 5) is 9.47. The third-order valence-corrected chi connectivity index (χ3v) is 5.12. The first-order valence-electron chi connectivity index (χ1n) is 8.75. The lowest BCUT2D eigenvalue weighted by atomic mass is 10.0. The summed E-state index contributed by atoms with van der Waals surface area (Å²) < 4.78 is 17.2. The number of ether oxygens (including phenoxy) is 3. The molecule has 4 rings (SSSR count). The maximum Gasteiger partial charge on any atom is 0.227 e. The lowest BCUT2D eigenvalue weighted by Gasteiger charge is -2.23. The van der Waals surface area contributed by atoms with E-state index in [2.05, 4.69) is 6.07 Å². The molecule has 6 heteroatoms. The largest absolute Gasteiger partial charge is 0.497 e. The quantitative estimate of drug-likeness (QED) is 0.360. The second-order valence-corrected chi connectivity index (χ2v) is 6.82. The maximum atomic E-state index is 6.20. The summed E-state index contributed by atoms with van der Waals surface area (Å²) in [5.41, 5.74) is 3.02. The smallest absolute Gasteiger partial charge is 0.227 e. The Bertz CT molecular complexity index is 974. The summed E-state index contributed by atoms with van der Waals surface area (Å²) in [6, 6.07) is 13.7. The van der Waals surface area contributed by atoms with Crippen molar-refractivity contribution in [2.45, 2.75) is 18.4 Å². The summed E-state index contributed by atoms with van der Waals surface area (Å²) in [6.45, 7) is 2.55. The van der Waals surface area contributed by atoms with Gasteiger partial charge >= 0.3 is 0 Å². The molecule has 1 aliphatic rings. The summed E-state index contributed by atoms with van der Waals surface area (Å²) >= 11 is 1.60. The number of hydrogen-bond acceptors (Lipinski definition) is 6. The molecule has 0 unspecified atom stereocenters. The molecule has 2 heterocycles. The van der Waals surface area contributed by atoms with E-state index in [9.17, 15) is 0 Å². The number of fused-ring (bicyclic) bond motifs is 2. The number of benzene rings is 2. The van der Waals surface area contributed by atoms with Gasteiger partial charge in [0.2, 0.25) is 5.88 Å². The molecule has 0 saturated heterocycles. The van der Waals surface area contributed by atoms with Gasteiger partial charge in [0.05, 0.1) is 19.3 Å². The number of rotatable bonds is 5. The molecule has 0 N–H and O–H groups in total. The highest BCUT2D eigenvalue weighted by atomic mass is 32.2. The van der Waals surface area contributed by atoms with Crippen molar-refractivity contribution in [2.75, 3.05) is 20.0 Å². The predicted molar refractivity (Wildman–Crippen MR) is 106 cm³/mol. The van der Waals surface area contributed by atoms with Crippen LogP contribution in [-0.4, -0.2) is 29.9 Å². The Hall–Kier alpha value is -2.73. The molecule has 0 atom stereocenters. The molecule has 138 valence electrons. The van der Waals surface area contributed by atoms with Crippen molar-refractivity contribution < 1.29 is 14.2 Å². The topological polar surface area (TPSA) is 53.5 Å². The fourth-order valence-electron chi connectivity index (χ4n) is 3.09. The van der Waals surface area contributed by atoms with Crippen LogP contribution < -0.4 is 14.2 Å². The molecule has 0 spiro atoms. The molecule has 0 saturated carbocycles. The molecule has 2 aromatic carbocycles. The minimum Gasteiger partial charge on any atom is -0.497 e. The Morgan fingerprint density at radius 3 is 2.63 bits per heavy atom. The highest BCUT2D eigenvalue weighted by molar-refractivity contribution is 7.98. The van der Waals surface area contributed by atoms with Crippen LogP contribution in [-0.2, 0) is 6.42 Å². The van der Waals surface area contributed by atoms with E-state index in [-0.39, 0.29) is 0 Å². The monoisotopic (exact) mass is 380 g/mol. The van der Waals surface area contributed by atoms with E-state index in [0.29, 0.717) is 18.3 Å². The van der Waals surface area contributed by atoms with Crippen LogP contribution in [0.25, 0.3) is 11.4 Å². The van der Waals surface area contributed by atoms with Gasteiger partial charge in [0.15, 0.2) is 17.3 Å². The first-order chi connectivity index (χ1) is 13.2.